The Balaban J connectivity index is 1.42. The van der Waals surface area contributed by atoms with Crippen molar-refractivity contribution >= 4 is 28.7 Å². The summed E-state index contributed by atoms with van der Waals surface area (Å²) < 4.78 is 3.37. The summed E-state index contributed by atoms with van der Waals surface area (Å²) in [5, 5.41) is 8.46. The number of benzene rings is 1. The Bertz CT molecular complexity index is 1380. The van der Waals surface area contributed by atoms with Gasteiger partial charge in [-0.2, -0.15) is 5.10 Å². The molecule has 1 aromatic carbocycles. The van der Waals surface area contributed by atoms with Crippen LogP contribution in [-0.4, -0.2) is 36.0 Å². The van der Waals surface area contributed by atoms with Gasteiger partial charge in [-0.1, -0.05) is 29.5 Å². The van der Waals surface area contributed by atoms with Crippen molar-refractivity contribution in [2.75, 3.05) is 5.75 Å². The first-order chi connectivity index (χ1) is 15.5. The molecule has 1 aliphatic rings. The monoisotopic (exact) mass is 446 g/mol. The average Bonchev–Trinajstić information content (AvgIpc) is 3.38. The van der Waals surface area contributed by atoms with Gasteiger partial charge in [0.05, 0.1) is 17.9 Å². The molecule has 0 spiro atoms. The first kappa shape index (κ1) is 20.4. The molecule has 8 nitrogen and oxygen atoms in total. The molecule has 1 N–H and O–H groups in total. The molecule has 3 aromatic heterocycles. The molecule has 9 heteroatoms. The molecule has 1 atom stereocenters. The van der Waals surface area contributed by atoms with Crippen molar-refractivity contribution in [1.29, 1.82) is 0 Å². The Morgan fingerprint density at radius 1 is 1.22 bits per heavy atom. The van der Waals surface area contributed by atoms with Crippen LogP contribution in [0.4, 0.5) is 0 Å². The summed E-state index contributed by atoms with van der Waals surface area (Å²) in [7, 11) is 0. The van der Waals surface area contributed by atoms with Gasteiger partial charge in [-0.25, -0.2) is 9.67 Å². The Labute approximate surface area is 188 Å². The fourth-order valence-corrected chi connectivity index (χ4v) is 5.12. The van der Waals surface area contributed by atoms with Crippen molar-refractivity contribution in [2.45, 2.75) is 38.0 Å². The van der Waals surface area contributed by atoms with Crippen molar-refractivity contribution in [3.63, 3.8) is 0 Å². The molecule has 0 saturated heterocycles. The molecular weight excluding hydrogens is 424 g/mol. The minimum absolute atomic E-state index is 0.0989. The largest absolute Gasteiger partial charge is 0.352 e. The molecule has 0 radical (unpaired) electrons. The second kappa shape index (κ2) is 8.23. The molecule has 162 valence electrons. The number of carbonyl (C=O) groups excluding carboxylic acids is 1. The summed E-state index contributed by atoms with van der Waals surface area (Å²) in [5.74, 6) is 0.535. The molecule has 0 saturated carbocycles. The summed E-state index contributed by atoms with van der Waals surface area (Å²) in [5.41, 5.74) is 4.50. The van der Waals surface area contributed by atoms with Crippen LogP contribution in [0.2, 0.25) is 0 Å². The van der Waals surface area contributed by atoms with Crippen LogP contribution in [0.25, 0.3) is 16.7 Å². The van der Waals surface area contributed by atoms with E-state index in [4.69, 9.17) is 4.98 Å². The van der Waals surface area contributed by atoms with Crippen LogP contribution in [0.3, 0.4) is 0 Å². The van der Waals surface area contributed by atoms with Crippen LogP contribution in [0.5, 0.6) is 0 Å². The van der Waals surface area contributed by atoms with Crippen molar-refractivity contribution in [2.24, 2.45) is 0 Å². The minimum atomic E-state index is -0.235. The van der Waals surface area contributed by atoms with Gasteiger partial charge in [0.15, 0.2) is 10.8 Å². The fourth-order valence-electron chi connectivity index (χ4n) is 3.99. The highest BCUT2D eigenvalue weighted by Crippen LogP contribution is 2.33. The van der Waals surface area contributed by atoms with Crippen LogP contribution >= 0.6 is 11.8 Å². The van der Waals surface area contributed by atoms with Crippen molar-refractivity contribution in [3.8, 4) is 5.69 Å². The number of nitrogens with zero attached hydrogens (tertiary/aromatic N) is 5. The number of thioether (sulfide) groups is 1. The maximum atomic E-state index is 13.3. The first-order valence-corrected chi connectivity index (χ1v) is 11.4. The van der Waals surface area contributed by atoms with Gasteiger partial charge in [0.2, 0.25) is 5.91 Å². The molecule has 0 fully saturated rings. The number of hydrogen-bond acceptors (Lipinski definition) is 6. The number of rotatable bonds is 5. The van der Waals surface area contributed by atoms with E-state index in [9.17, 15) is 9.59 Å². The van der Waals surface area contributed by atoms with Crippen molar-refractivity contribution in [3.05, 3.63) is 76.0 Å². The lowest BCUT2D eigenvalue weighted by molar-refractivity contribution is -0.121. The number of aryl methyl sites for hydroxylation is 2. The Morgan fingerprint density at radius 2 is 2.03 bits per heavy atom. The Hall–Kier alpha value is -3.46. The standard InChI is InChI=1S/C23H22N6O2S/c1-14-3-4-19(15(2)9-14)29-21-18(12-26-29)22(31)28-17(13-32-23(28)27-21)10-20(30)25-11-16-5-7-24-8-6-16/h3-9,12,17H,10-11,13H2,1-2H3,(H,25,30). The number of carbonyl (C=O) groups is 1. The minimum Gasteiger partial charge on any atom is -0.352 e. The predicted molar refractivity (Wildman–Crippen MR) is 123 cm³/mol. The molecule has 1 unspecified atom stereocenters. The van der Waals surface area contributed by atoms with Gasteiger partial charge >= 0.3 is 0 Å². The summed E-state index contributed by atoms with van der Waals surface area (Å²) in [4.78, 5) is 34.5. The van der Waals surface area contributed by atoms with Crippen molar-refractivity contribution < 1.29 is 4.79 Å². The van der Waals surface area contributed by atoms with Crippen LogP contribution in [0.15, 0.2) is 58.9 Å². The second-order valence-electron chi connectivity index (χ2n) is 7.95. The van der Waals surface area contributed by atoms with E-state index >= 15 is 0 Å². The van der Waals surface area contributed by atoms with E-state index in [0.29, 0.717) is 28.5 Å². The van der Waals surface area contributed by atoms with E-state index < -0.39 is 0 Å². The highest BCUT2D eigenvalue weighted by molar-refractivity contribution is 7.99. The van der Waals surface area contributed by atoms with Gasteiger partial charge in [0.25, 0.3) is 5.56 Å². The molecule has 4 heterocycles. The third-order valence-electron chi connectivity index (χ3n) is 5.61. The summed E-state index contributed by atoms with van der Waals surface area (Å²) in [6.07, 6.45) is 5.18. The zero-order valence-electron chi connectivity index (χ0n) is 17.8. The van der Waals surface area contributed by atoms with E-state index in [1.807, 2.05) is 38.1 Å². The predicted octanol–water partition coefficient (Wildman–Crippen LogP) is 2.95. The van der Waals surface area contributed by atoms with E-state index in [1.165, 1.54) is 11.8 Å². The normalized spacial score (nSPS) is 15.1. The zero-order valence-corrected chi connectivity index (χ0v) is 18.6. The number of pyridine rings is 1. The zero-order chi connectivity index (χ0) is 22.2. The van der Waals surface area contributed by atoms with E-state index in [0.717, 1.165) is 22.4 Å². The maximum Gasteiger partial charge on any atom is 0.265 e. The lowest BCUT2D eigenvalue weighted by Gasteiger charge is -2.14. The SMILES string of the molecule is Cc1ccc(-n2ncc3c(=O)n4c(nc32)SCC4CC(=O)NCc2ccncc2)c(C)c1. The molecule has 5 rings (SSSR count). The van der Waals surface area contributed by atoms with Gasteiger partial charge in [0, 0.05) is 31.1 Å². The molecule has 0 aliphatic carbocycles. The van der Waals surface area contributed by atoms with Crippen LogP contribution in [-0.2, 0) is 11.3 Å². The average molecular weight is 447 g/mol. The Morgan fingerprint density at radius 3 is 2.81 bits per heavy atom. The van der Waals surface area contributed by atoms with Gasteiger partial charge in [-0.3, -0.25) is 19.1 Å². The third kappa shape index (κ3) is 3.69. The lowest BCUT2D eigenvalue weighted by atomic mass is 10.1. The quantitative estimate of drug-likeness (QED) is 0.474. The summed E-state index contributed by atoms with van der Waals surface area (Å²) >= 11 is 1.50. The fraction of sp³-hybridized carbons (Fsp3) is 0.261. The highest BCUT2D eigenvalue weighted by atomic mass is 32.2. The van der Waals surface area contributed by atoms with Crippen molar-refractivity contribution in [1.82, 2.24) is 29.6 Å². The molecule has 1 aliphatic heterocycles. The number of aromatic nitrogens is 5. The summed E-state index contributed by atoms with van der Waals surface area (Å²) in [6, 6.07) is 9.58. The van der Waals surface area contributed by atoms with Gasteiger partial charge in [0.1, 0.15) is 5.39 Å². The molecule has 4 aromatic rings. The topological polar surface area (TPSA) is 94.7 Å². The maximum absolute atomic E-state index is 13.3. The molecule has 0 bridgehead atoms. The van der Waals surface area contributed by atoms with E-state index in [1.54, 1.807) is 27.8 Å². The summed E-state index contributed by atoms with van der Waals surface area (Å²) in [6.45, 7) is 4.49. The van der Waals surface area contributed by atoms with E-state index in [-0.39, 0.29) is 23.9 Å². The number of fused-ring (bicyclic) bond motifs is 2. The lowest BCUT2D eigenvalue weighted by Crippen LogP contribution is -2.30. The van der Waals surface area contributed by atoms with Crippen LogP contribution in [0, 0.1) is 13.8 Å². The Kier molecular flexibility index (Phi) is 5.26. The smallest absolute Gasteiger partial charge is 0.265 e. The molecule has 32 heavy (non-hydrogen) atoms. The number of hydrogen-bond donors (Lipinski definition) is 1. The van der Waals surface area contributed by atoms with Crippen LogP contribution < -0.4 is 10.9 Å². The molecule has 1 amide bonds. The third-order valence-corrected chi connectivity index (χ3v) is 6.71. The highest BCUT2D eigenvalue weighted by Gasteiger charge is 2.29. The first-order valence-electron chi connectivity index (χ1n) is 10.4. The second-order valence-corrected chi connectivity index (χ2v) is 8.94. The van der Waals surface area contributed by atoms with E-state index in [2.05, 4.69) is 21.5 Å². The van der Waals surface area contributed by atoms with Crippen LogP contribution in [0.1, 0.15) is 29.2 Å². The number of amides is 1. The van der Waals surface area contributed by atoms with Gasteiger partial charge < -0.3 is 5.32 Å². The van der Waals surface area contributed by atoms with Gasteiger partial charge in [-0.05, 0) is 43.2 Å². The number of nitrogens with one attached hydrogen (secondary N) is 1. The molecular formula is C23H22N6O2S. The van der Waals surface area contributed by atoms with Gasteiger partial charge in [-0.15, -0.1) is 0 Å².